The summed E-state index contributed by atoms with van der Waals surface area (Å²) in [7, 11) is 0. The summed E-state index contributed by atoms with van der Waals surface area (Å²) in [5.41, 5.74) is 0. The molecule has 11 heavy (non-hydrogen) atoms. The second kappa shape index (κ2) is 2.54. The summed E-state index contributed by atoms with van der Waals surface area (Å²) >= 11 is 3.10. The molecule has 2 aromatic heterocycles. The minimum atomic E-state index is 0.462. The van der Waals surface area contributed by atoms with Crippen molar-refractivity contribution in [1.82, 2.24) is 4.98 Å². The van der Waals surface area contributed by atoms with E-state index < -0.39 is 0 Å². The van der Waals surface area contributed by atoms with Crippen molar-refractivity contribution in [1.29, 1.82) is 0 Å². The van der Waals surface area contributed by atoms with Crippen LogP contribution in [0.1, 0.15) is 0 Å². The van der Waals surface area contributed by atoms with Crippen LogP contribution in [0, 0.1) is 0 Å². The van der Waals surface area contributed by atoms with Crippen molar-refractivity contribution in [3.05, 3.63) is 29.4 Å². The van der Waals surface area contributed by atoms with Crippen molar-refractivity contribution in [2.75, 3.05) is 0 Å². The quantitative estimate of drug-likeness (QED) is 0.732. The molecular weight excluding hydrogens is 210 g/mol. The van der Waals surface area contributed by atoms with E-state index in [4.69, 9.17) is 8.83 Å². The molecule has 2 heterocycles. The highest BCUT2D eigenvalue weighted by molar-refractivity contribution is 9.10. The first-order chi connectivity index (χ1) is 5.36. The van der Waals surface area contributed by atoms with Crippen molar-refractivity contribution in [3.63, 3.8) is 0 Å². The topological polar surface area (TPSA) is 39.2 Å². The smallest absolute Gasteiger partial charge is 0.264 e. The molecule has 0 unspecified atom stereocenters. The number of hydrogen-bond acceptors (Lipinski definition) is 3. The molecular formula is C7H4BrNO2. The molecule has 0 saturated heterocycles. The lowest BCUT2D eigenvalue weighted by molar-refractivity contribution is 0.504. The molecule has 4 heteroatoms. The number of halogens is 1. The first-order valence-electron chi connectivity index (χ1n) is 3.01. The van der Waals surface area contributed by atoms with Gasteiger partial charge >= 0.3 is 0 Å². The molecule has 56 valence electrons. The fraction of sp³-hybridized carbons (Fsp3) is 0. The van der Waals surface area contributed by atoms with Crippen LogP contribution in [0.4, 0.5) is 0 Å². The van der Waals surface area contributed by atoms with Crippen LogP contribution in [0.25, 0.3) is 11.5 Å². The van der Waals surface area contributed by atoms with E-state index >= 15 is 0 Å². The Bertz CT molecular complexity index is 339. The van der Waals surface area contributed by atoms with Crippen molar-refractivity contribution in [2.24, 2.45) is 0 Å². The third-order valence-electron chi connectivity index (χ3n) is 1.24. The van der Waals surface area contributed by atoms with Gasteiger partial charge in [-0.05, 0) is 12.1 Å². The molecule has 0 radical (unpaired) electrons. The second-order valence-electron chi connectivity index (χ2n) is 1.95. The monoisotopic (exact) mass is 213 g/mol. The minimum absolute atomic E-state index is 0.462. The van der Waals surface area contributed by atoms with Gasteiger partial charge in [-0.25, -0.2) is 4.98 Å². The van der Waals surface area contributed by atoms with Gasteiger partial charge < -0.3 is 8.83 Å². The van der Waals surface area contributed by atoms with Gasteiger partial charge in [-0.15, -0.1) is 0 Å². The second-order valence-corrected chi connectivity index (χ2v) is 2.63. The molecule has 3 nitrogen and oxygen atoms in total. The molecule has 0 N–H and O–H groups in total. The summed E-state index contributed by atoms with van der Waals surface area (Å²) < 4.78 is 10.2. The Labute approximate surface area is 71.2 Å². The third kappa shape index (κ3) is 1.21. The van der Waals surface area contributed by atoms with Crippen LogP contribution in [-0.4, -0.2) is 4.98 Å². The van der Waals surface area contributed by atoms with E-state index in [1.807, 2.05) is 6.07 Å². The van der Waals surface area contributed by atoms with Crippen LogP contribution in [0.3, 0.4) is 0 Å². The Kier molecular flexibility index (Phi) is 1.54. The minimum Gasteiger partial charge on any atom is -0.461 e. The molecule has 0 aliphatic heterocycles. The predicted molar refractivity (Wildman–Crippen MR) is 41.9 cm³/mol. The zero-order valence-corrected chi connectivity index (χ0v) is 7.04. The number of furan rings is 1. The number of nitrogens with zero attached hydrogens (tertiary/aromatic N) is 1. The van der Waals surface area contributed by atoms with E-state index in [0.29, 0.717) is 16.3 Å². The van der Waals surface area contributed by atoms with Crippen LogP contribution >= 0.6 is 15.9 Å². The summed E-state index contributed by atoms with van der Waals surface area (Å²) in [5, 5.41) is 0. The fourth-order valence-corrected chi connectivity index (χ4v) is 1.06. The van der Waals surface area contributed by atoms with Gasteiger partial charge in [-0.2, -0.15) is 0 Å². The molecule has 0 fully saturated rings. The van der Waals surface area contributed by atoms with Gasteiger partial charge in [0.05, 0.1) is 12.5 Å². The van der Waals surface area contributed by atoms with Crippen molar-refractivity contribution >= 4 is 15.9 Å². The Morgan fingerprint density at radius 2 is 2.27 bits per heavy atom. The highest BCUT2D eigenvalue weighted by Crippen LogP contribution is 2.22. The van der Waals surface area contributed by atoms with Crippen LogP contribution in [0.2, 0.25) is 0 Å². The van der Waals surface area contributed by atoms with Crippen LogP contribution in [0.15, 0.2) is 38.2 Å². The fourth-order valence-electron chi connectivity index (χ4n) is 0.785. The summed E-state index contributed by atoms with van der Waals surface area (Å²) in [6.07, 6.45) is 3.19. The SMILES string of the molecule is Brc1ncc(-c2ccco2)o1. The summed E-state index contributed by atoms with van der Waals surface area (Å²) in [6, 6.07) is 3.61. The number of oxazole rings is 1. The average molecular weight is 214 g/mol. The first-order valence-corrected chi connectivity index (χ1v) is 3.81. The molecule has 0 aromatic carbocycles. The van der Waals surface area contributed by atoms with Crippen LogP contribution < -0.4 is 0 Å². The molecule has 2 aromatic rings. The summed E-state index contributed by atoms with van der Waals surface area (Å²) in [6.45, 7) is 0. The zero-order valence-electron chi connectivity index (χ0n) is 5.45. The molecule has 0 aliphatic rings. The molecule has 0 aliphatic carbocycles. The van der Waals surface area contributed by atoms with Crippen molar-refractivity contribution in [2.45, 2.75) is 0 Å². The zero-order chi connectivity index (χ0) is 7.68. The maximum Gasteiger partial charge on any atom is 0.264 e. The van der Waals surface area contributed by atoms with Crippen LogP contribution in [0.5, 0.6) is 0 Å². The number of rotatable bonds is 1. The Morgan fingerprint density at radius 1 is 1.36 bits per heavy atom. The predicted octanol–water partition coefficient (Wildman–Crippen LogP) is 2.70. The normalized spacial score (nSPS) is 10.3. The number of aromatic nitrogens is 1. The highest BCUT2D eigenvalue weighted by atomic mass is 79.9. The van der Waals surface area contributed by atoms with Gasteiger partial charge in [0.1, 0.15) is 0 Å². The molecule has 0 atom stereocenters. The van der Waals surface area contributed by atoms with E-state index in [1.54, 1.807) is 18.5 Å². The lowest BCUT2D eigenvalue weighted by Gasteiger charge is -1.84. The number of hydrogen-bond donors (Lipinski definition) is 0. The van der Waals surface area contributed by atoms with Crippen LogP contribution in [-0.2, 0) is 0 Å². The van der Waals surface area contributed by atoms with Gasteiger partial charge in [0.25, 0.3) is 4.80 Å². The van der Waals surface area contributed by atoms with Gasteiger partial charge in [-0.1, -0.05) is 0 Å². The maximum absolute atomic E-state index is 5.14. The largest absolute Gasteiger partial charge is 0.461 e. The van der Waals surface area contributed by atoms with Gasteiger partial charge in [-0.3, -0.25) is 0 Å². The van der Waals surface area contributed by atoms with Gasteiger partial charge in [0, 0.05) is 15.9 Å². The highest BCUT2D eigenvalue weighted by Gasteiger charge is 2.05. The molecule has 0 amide bonds. The molecule has 0 bridgehead atoms. The molecule has 0 saturated carbocycles. The Hall–Kier alpha value is -1.03. The molecule has 2 rings (SSSR count). The van der Waals surface area contributed by atoms with E-state index in [2.05, 4.69) is 20.9 Å². The van der Waals surface area contributed by atoms with E-state index in [0.717, 1.165) is 0 Å². The molecule has 0 spiro atoms. The lowest BCUT2D eigenvalue weighted by Crippen LogP contribution is -1.62. The van der Waals surface area contributed by atoms with E-state index in [9.17, 15) is 0 Å². The van der Waals surface area contributed by atoms with E-state index in [1.165, 1.54) is 0 Å². The Balaban J connectivity index is 2.45. The van der Waals surface area contributed by atoms with Gasteiger partial charge in [0.2, 0.25) is 0 Å². The summed E-state index contributed by atoms with van der Waals surface area (Å²) in [4.78, 5) is 4.32. The maximum atomic E-state index is 5.14. The first kappa shape index (κ1) is 6.67. The van der Waals surface area contributed by atoms with Crippen molar-refractivity contribution < 1.29 is 8.83 Å². The standard InChI is InChI=1S/C7H4BrNO2/c8-7-9-4-6(11-7)5-2-1-3-10-5/h1-4H. The van der Waals surface area contributed by atoms with Crippen molar-refractivity contribution in [3.8, 4) is 11.5 Å². The Morgan fingerprint density at radius 3 is 2.82 bits per heavy atom. The summed E-state index contributed by atoms with van der Waals surface area (Å²) in [5.74, 6) is 1.31. The van der Waals surface area contributed by atoms with Gasteiger partial charge in [0.15, 0.2) is 11.5 Å². The average Bonchev–Trinajstić information content (AvgIpc) is 2.55. The third-order valence-corrected chi connectivity index (χ3v) is 1.61. The lowest BCUT2D eigenvalue weighted by atomic mass is 10.4. The van der Waals surface area contributed by atoms with E-state index in [-0.39, 0.29) is 0 Å².